The van der Waals surface area contributed by atoms with Crippen LogP contribution in [0.5, 0.6) is 5.75 Å². The van der Waals surface area contributed by atoms with E-state index in [1.54, 1.807) is 0 Å². The molecule has 0 bridgehead atoms. The Hall–Kier alpha value is -2.99. The molecule has 0 aliphatic heterocycles. The second kappa shape index (κ2) is 13.8. The number of carbonyl (C=O) groups is 2. The zero-order chi connectivity index (χ0) is 31.1. The molecule has 0 spiro atoms. The van der Waals surface area contributed by atoms with Crippen LogP contribution < -0.4 is 9.84 Å². The van der Waals surface area contributed by atoms with Gasteiger partial charge in [-0.2, -0.15) is 0 Å². The minimum absolute atomic E-state index is 0.00340. The number of amides is 1. The van der Waals surface area contributed by atoms with Gasteiger partial charge in [-0.3, -0.25) is 35.0 Å². The summed E-state index contributed by atoms with van der Waals surface area (Å²) in [5, 5.41) is 14.1. The Kier molecular flexibility index (Phi) is 11.5. The Balaban J connectivity index is 2.72. The fourth-order valence-electron chi connectivity index (χ4n) is 3.25. The fourth-order valence-corrected chi connectivity index (χ4v) is 5.09. The number of nitrogens with zero attached hydrogens (tertiary/aromatic N) is 2. The van der Waals surface area contributed by atoms with Crippen LogP contribution in [0.25, 0.3) is 0 Å². The molecule has 0 saturated heterocycles. The van der Waals surface area contributed by atoms with E-state index in [-0.39, 0.29) is 24.6 Å². The highest BCUT2D eigenvalue weighted by Crippen LogP contribution is 2.45. The van der Waals surface area contributed by atoms with Crippen molar-refractivity contribution in [2.75, 3.05) is 18.5 Å². The van der Waals surface area contributed by atoms with E-state index < -0.39 is 58.0 Å². The summed E-state index contributed by atoms with van der Waals surface area (Å²) in [5.74, 6) is -3.10. The zero-order valence-electron chi connectivity index (χ0n) is 23.8. The van der Waals surface area contributed by atoms with Gasteiger partial charge in [0, 0.05) is 34.5 Å². The monoisotopic (exact) mass is 629 g/mol. The van der Waals surface area contributed by atoms with Crippen LogP contribution in [-0.2, 0) is 24.7 Å². The van der Waals surface area contributed by atoms with E-state index in [0.29, 0.717) is 18.4 Å². The summed E-state index contributed by atoms with van der Waals surface area (Å²) >= 11 is 0. The molecule has 0 saturated carbocycles. The van der Waals surface area contributed by atoms with E-state index >= 15 is 0 Å². The van der Waals surface area contributed by atoms with E-state index in [4.69, 9.17) is 18.7 Å². The first-order valence-corrected chi connectivity index (χ1v) is 21.5. The lowest BCUT2D eigenvalue weighted by molar-refractivity contribution is -0.386. The van der Waals surface area contributed by atoms with Crippen molar-refractivity contribution in [1.29, 1.82) is 0 Å². The van der Waals surface area contributed by atoms with Crippen LogP contribution in [0.4, 0.5) is 16.2 Å². The van der Waals surface area contributed by atoms with Crippen LogP contribution in [0, 0.1) is 10.1 Å². The zero-order valence-corrected chi connectivity index (χ0v) is 26.7. The molecule has 41 heavy (non-hydrogen) atoms. The molecule has 0 aliphatic carbocycles. The minimum Gasteiger partial charge on any atom is -0.404 e. The summed E-state index contributed by atoms with van der Waals surface area (Å²) in [7, 11) is -8.71. The van der Waals surface area contributed by atoms with Crippen molar-refractivity contribution in [3.05, 3.63) is 57.9 Å². The van der Waals surface area contributed by atoms with Crippen molar-refractivity contribution < 1.29 is 47.6 Å². The highest BCUT2D eigenvalue weighted by molar-refractivity contribution is 7.46. The molecule has 0 aliphatic rings. The van der Waals surface area contributed by atoms with Crippen LogP contribution in [-0.4, -0.2) is 61.4 Å². The summed E-state index contributed by atoms with van der Waals surface area (Å²) in [6.45, 7) is 12.3. The van der Waals surface area contributed by atoms with Gasteiger partial charge in [0.25, 0.3) is 5.69 Å². The lowest BCUT2D eigenvalue weighted by atomic mass is 10.1. The molecule has 2 aromatic rings. The lowest BCUT2D eigenvalue weighted by Crippen LogP contribution is -2.42. The third kappa shape index (κ3) is 11.4. The largest absolute Gasteiger partial charge is 0.524 e. The number of phosphoric acid groups is 1. The molecule has 0 atom stereocenters. The topological polar surface area (TPSA) is 197 Å². The smallest absolute Gasteiger partial charge is 0.404 e. The van der Waals surface area contributed by atoms with Crippen molar-refractivity contribution in [2.45, 2.75) is 57.3 Å². The fraction of sp³-hybridized carbons (Fsp3) is 0.458. The number of aldehydes is 1. The van der Waals surface area contributed by atoms with Gasteiger partial charge in [-0.25, -0.2) is 9.36 Å². The molecule has 0 radical (unpaired) electrons. The van der Waals surface area contributed by atoms with Crippen LogP contribution in [0.1, 0.15) is 16.1 Å². The molecule has 1 aromatic heterocycles. The number of phosphoric ester groups is 1. The predicted molar refractivity (Wildman–Crippen MR) is 155 cm³/mol. The Morgan fingerprint density at radius 3 is 2.17 bits per heavy atom. The van der Waals surface area contributed by atoms with Gasteiger partial charge >= 0.3 is 19.9 Å². The average Bonchev–Trinajstić information content (AvgIpc) is 2.81. The van der Waals surface area contributed by atoms with Gasteiger partial charge in [-0.15, -0.1) is 0 Å². The second-order valence-corrected chi connectivity index (χ2v) is 23.9. The Labute approximate surface area is 239 Å². The Morgan fingerprint density at radius 2 is 1.68 bits per heavy atom. The van der Waals surface area contributed by atoms with Crippen molar-refractivity contribution in [3.8, 4) is 5.75 Å². The normalized spacial score (nSPS) is 12.5. The first-order chi connectivity index (χ1) is 18.8. The number of rotatable bonds is 15. The quantitative estimate of drug-likeness (QED) is 0.0572. The predicted octanol–water partition coefficient (Wildman–Crippen LogP) is 5.34. The number of carbonyl (C=O) groups excluding carboxylic acids is 2. The van der Waals surface area contributed by atoms with Gasteiger partial charge < -0.3 is 18.7 Å². The first-order valence-electron chi connectivity index (χ1n) is 12.6. The van der Waals surface area contributed by atoms with Crippen molar-refractivity contribution in [1.82, 2.24) is 4.98 Å². The Morgan fingerprint density at radius 1 is 1.10 bits per heavy atom. The van der Waals surface area contributed by atoms with Gasteiger partial charge in [0.1, 0.15) is 17.0 Å². The first kappa shape index (κ1) is 34.2. The SMILES string of the molecule is C[Si](C)(C)CCOC(OCC[Si](C)(C)C)(OC(=O)Nc1cccnc1C=O)c1cc([N+](=O)[O-])ccc1OP(=O)(O)O. The number of nitro groups is 1. The third-order valence-electron chi connectivity index (χ3n) is 5.42. The maximum Gasteiger partial charge on any atom is 0.524 e. The number of hydrogen-bond donors (Lipinski definition) is 3. The number of ether oxygens (including phenoxy) is 3. The summed E-state index contributed by atoms with van der Waals surface area (Å²) in [6, 6.07) is 6.78. The van der Waals surface area contributed by atoms with E-state index in [0.717, 1.165) is 18.2 Å². The molecule has 2 rings (SSSR count). The standard InChI is InChI=1S/C24H36N3O11PSi2/c1-40(2,3)14-12-35-24(36-13-15-41(4,5)6,37-23(29)26-20-8-7-11-25-21(20)17-28)19-16-18(27(30)31)9-10-22(19)38-39(32,33)34/h7-11,16-17H,12-15H2,1-6H3,(H,26,29)(H2,32,33,34). The minimum atomic E-state index is -5.20. The van der Waals surface area contributed by atoms with Crippen LogP contribution in [0.15, 0.2) is 36.5 Å². The number of benzene rings is 1. The van der Waals surface area contributed by atoms with Crippen LogP contribution in [0.3, 0.4) is 0 Å². The molecular weight excluding hydrogens is 593 g/mol. The third-order valence-corrected chi connectivity index (χ3v) is 9.27. The summed E-state index contributed by atoms with van der Waals surface area (Å²) in [4.78, 5) is 58.6. The van der Waals surface area contributed by atoms with E-state index in [9.17, 15) is 34.1 Å². The molecule has 1 heterocycles. The molecule has 17 heteroatoms. The number of nitro benzene ring substituents is 1. The number of anilines is 1. The molecular formula is C24H36N3O11PSi2. The highest BCUT2D eigenvalue weighted by atomic mass is 31.2. The molecule has 3 N–H and O–H groups in total. The van der Waals surface area contributed by atoms with Gasteiger partial charge in [0.05, 0.1) is 23.8 Å². The number of aromatic nitrogens is 1. The summed E-state index contributed by atoms with van der Waals surface area (Å²) < 4.78 is 34.5. The van der Waals surface area contributed by atoms with Gasteiger partial charge in [-0.05, 0) is 30.3 Å². The van der Waals surface area contributed by atoms with E-state index in [1.165, 1.54) is 18.3 Å². The van der Waals surface area contributed by atoms with E-state index in [2.05, 4.69) is 49.6 Å². The van der Waals surface area contributed by atoms with Crippen LogP contribution >= 0.6 is 7.82 Å². The van der Waals surface area contributed by atoms with Gasteiger partial charge in [0.15, 0.2) is 6.29 Å². The summed E-state index contributed by atoms with van der Waals surface area (Å²) in [6.07, 6.45) is 0.568. The van der Waals surface area contributed by atoms with Crippen molar-refractivity contribution in [2.24, 2.45) is 0 Å². The van der Waals surface area contributed by atoms with Crippen molar-refractivity contribution >= 4 is 47.7 Å². The van der Waals surface area contributed by atoms with Crippen molar-refractivity contribution in [3.63, 3.8) is 0 Å². The number of nitrogens with one attached hydrogen (secondary N) is 1. The molecule has 0 fully saturated rings. The maximum atomic E-state index is 13.3. The average molecular weight is 630 g/mol. The van der Waals surface area contributed by atoms with Gasteiger partial charge in [0.2, 0.25) is 0 Å². The number of non-ortho nitro benzene ring substituents is 1. The molecule has 0 unspecified atom stereocenters. The molecule has 1 aromatic carbocycles. The number of pyridine rings is 1. The Bertz CT molecular complexity index is 1270. The van der Waals surface area contributed by atoms with E-state index in [1.807, 2.05) is 0 Å². The van der Waals surface area contributed by atoms with Crippen LogP contribution in [0.2, 0.25) is 51.4 Å². The molecule has 226 valence electrons. The highest BCUT2D eigenvalue weighted by Gasteiger charge is 2.45. The second-order valence-electron chi connectivity index (χ2n) is 11.5. The molecule has 1 amide bonds. The lowest BCUT2D eigenvalue weighted by Gasteiger charge is -2.35. The molecule has 14 nitrogen and oxygen atoms in total. The van der Waals surface area contributed by atoms with Gasteiger partial charge in [-0.1, -0.05) is 39.3 Å². The summed E-state index contributed by atoms with van der Waals surface area (Å²) in [5.41, 5.74) is -1.06. The number of hydrogen-bond acceptors (Lipinski definition) is 10. The maximum absolute atomic E-state index is 13.3.